The molecule has 1 atom stereocenters. The minimum absolute atomic E-state index is 0.0288. The number of hydrogen-bond donors (Lipinski definition) is 0. The van der Waals surface area contributed by atoms with Gasteiger partial charge in [0.2, 0.25) is 5.91 Å². The summed E-state index contributed by atoms with van der Waals surface area (Å²) < 4.78 is 0. The summed E-state index contributed by atoms with van der Waals surface area (Å²) in [5, 5.41) is 0. The second kappa shape index (κ2) is 7.04. The largest absolute Gasteiger partial charge is 0.338 e. The van der Waals surface area contributed by atoms with Crippen molar-refractivity contribution in [2.24, 2.45) is 0 Å². The van der Waals surface area contributed by atoms with E-state index in [-0.39, 0.29) is 30.9 Å². The number of fused-ring (bicyclic) bond motifs is 1. The van der Waals surface area contributed by atoms with Gasteiger partial charge in [0.15, 0.2) is 0 Å². The molecule has 2 aliphatic rings. The lowest BCUT2D eigenvalue weighted by molar-refractivity contribution is -0.134. The van der Waals surface area contributed by atoms with Crippen LogP contribution in [0.4, 0.5) is 4.79 Å². The molecule has 0 N–H and O–H groups in total. The monoisotopic (exact) mass is 346 g/mol. The molecule has 0 aromatic carbocycles. The predicted octanol–water partition coefficient (Wildman–Crippen LogP) is 0.835. The van der Waals surface area contributed by atoms with Gasteiger partial charge >= 0.3 is 6.03 Å². The van der Waals surface area contributed by atoms with Gasteiger partial charge in [-0.05, 0) is 12.1 Å². The van der Waals surface area contributed by atoms with Crippen molar-refractivity contribution in [1.82, 2.24) is 19.7 Å². The van der Waals surface area contributed by atoms with Gasteiger partial charge in [-0.3, -0.25) is 19.5 Å². The number of imide groups is 1. The van der Waals surface area contributed by atoms with Crippen molar-refractivity contribution in [3.63, 3.8) is 0 Å². The van der Waals surface area contributed by atoms with Crippen LogP contribution in [0, 0.1) is 0 Å². The molecule has 1 aromatic heterocycles. The number of urea groups is 1. The highest BCUT2D eigenvalue weighted by molar-refractivity contribution is 8.00. The molecule has 0 aliphatic carbocycles. The van der Waals surface area contributed by atoms with Crippen LogP contribution in [-0.4, -0.2) is 75.5 Å². The van der Waals surface area contributed by atoms with Crippen molar-refractivity contribution in [3.8, 4) is 0 Å². The molecule has 0 spiro atoms. The Morgan fingerprint density at radius 1 is 1.33 bits per heavy atom. The van der Waals surface area contributed by atoms with Crippen LogP contribution in [0.1, 0.15) is 0 Å². The van der Waals surface area contributed by atoms with E-state index in [9.17, 15) is 14.4 Å². The average Bonchev–Trinajstić information content (AvgIpc) is 2.85. The molecule has 3 rings (SSSR count). The van der Waals surface area contributed by atoms with Crippen LogP contribution in [0.2, 0.25) is 0 Å². The fourth-order valence-electron chi connectivity index (χ4n) is 2.85. The number of hydrogen-bond acceptors (Lipinski definition) is 5. The maximum atomic E-state index is 12.4. The molecule has 0 bridgehead atoms. The second-order valence-corrected chi connectivity index (χ2v) is 6.59. The predicted molar refractivity (Wildman–Crippen MR) is 89.3 cm³/mol. The van der Waals surface area contributed by atoms with E-state index in [4.69, 9.17) is 0 Å². The Labute approximate surface area is 144 Å². The molecular formula is C16H18N4O3S. The van der Waals surface area contributed by atoms with Gasteiger partial charge in [-0.2, -0.15) is 0 Å². The summed E-state index contributed by atoms with van der Waals surface area (Å²) in [5.41, 5.74) is 0. The molecule has 0 radical (unpaired) electrons. The van der Waals surface area contributed by atoms with Crippen molar-refractivity contribution >= 4 is 29.6 Å². The summed E-state index contributed by atoms with van der Waals surface area (Å²) in [6.45, 7) is 4.87. The molecule has 126 valence electrons. The number of piperazine rings is 1. The molecule has 3 heterocycles. The summed E-state index contributed by atoms with van der Waals surface area (Å²) in [4.78, 5) is 46.3. The Morgan fingerprint density at radius 2 is 2.08 bits per heavy atom. The minimum Gasteiger partial charge on any atom is -0.338 e. The van der Waals surface area contributed by atoms with Gasteiger partial charge in [-0.1, -0.05) is 6.08 Å². The quantitative estimate of drug-likeness (QED) is 0.449. The molecular weight excluding hydrogens is 328 g/mol. The number of pyridine rings is 1. The first-order valence-corrected chi connectivity index (χ1v) is 8.64. The molecule has 24 heavy (non-hydrogen) atoms. The summed E-state index contributed by atoms with van der Waals surface area (Å²) in [7, 11) is 0. The van der Waals surface area contributed by atoms with E-state index >= 15 is 0 Å². The fourth-order valence-corrected chi connectivity index (χ4v) is 3.63. The number of aromatic nitrogens is 1. The number of carbonyl (C=O) groups is 3. The van der Waals surface area contributed by atoms with Gasteiger partial charge in [0.1, 0.15) is 6.04 Å². The molecule has 2 aliphatic heterocycles. The Morgan fingerprint density at radius 3 is 2.79 bits per heavy atom. The lowest BCUT2D eigenvalue weighted by Gasteiger charge is -2.35. The van der Waals surface area contributed by atoms with Crippen LogP contribution >= 0.6 is 11.8 Å². The van der Waals surface area contributed by atoms with Gasteiger partial charge in [-0.25, -0.2) is 4.79 Å². The summed E-state index contributed by atoms with van der Waals surface area (Å²) >= 11 is 1.44. The van der Waals surface area contributed by atoms with E-state index in [1.54, 1.807) is 22.2 Å². The van der Waals surface area contributed by atoms with Gasteiger partial charge in [0, 0.05) is 36.9 Å². The molecule has 2 saturated heterocycles. The molecule has 1 unspecified atom stereocenters. The number of amides is 4. The molecule has 0 saturated carbocycles. The van der Waals surface area contributed by atoms with Crippen LogP contribution in [0.5, 0.6) is 0 Å². The SMILES string of the molecule is C=CCN1C(=O)C2CN(C(=O)CSc3ccncc3)CCN2C1=O. The molecule has 2 fully saturated rings. The first-order chi connectivity index (χ1) is 11.6. The second-order valence-electron chi connectivity index (χ2n) is 5.54. The van der Waals surface area contributed by atoms with Gasteiger partial charge in [0.25, 0.3) is 5.91 Å². The fraction of sp³-hybridized carbons (Fsp3) is 0.375. The maximum Gasteiger partial charge on any atom is 0.327 e. The zero-order valence-corrected chi connectivity index (χ0v) is 13.9. The van der Waals surface area contributed by atoms with Gasteiger partial charge in [-0.15, -0.1) is 18.3 Å². The Balaban J connectivity index is 1.60. The van der Waals surface area contributed by atoms with Crippen molar-refractivity contribution in [3.05, 3.63) is 37.2 Å². The lowest BCUT2D eigenvalue weighted by atomic mass is 10.2. The third-order valence-electron chi connectivity index (χ3n) is 4.08. The van der Waals surface area contributed by atoms with E-state index in [1.807, 2.05) is 12.1 Å². The van der Waals surface area contributed by atoms with E-state index in [0.29, 0.717) is 18.8 Å². The smallest absolute Gasteiger partial charge is 0.327 e. The van der Waals surface area contributed by atoms with Crippen LogP contribution in [0.25, 0.3) is 0 Å². The van der Waals surface area contributed by atoms with Crippen LogP contribution in [0.3, 0.4) is 0 Å². The molecule has 8 heteroatoms. The summed E-state index contributed by atoms with van der Waals surface area (Å²) in [5.74, 6) is 0.0213. The van der Waals surface area contributed by atoms with Gasteiger partial charge < -0.3 is 9.80 Å². The van der Waals surface area contributed by atoms with E-state index in [1.165, 1.54) is 22.7 Å². The standard InChI is InChI=1S/C16H18N4O3S/c1-2-7-20-15(22)13-10-18(8-9-19(13)16(20)23)14(21)11-24-12-3-5-17-6-4-12/h2-6,13H,1,7-11H2. The highest BCUT2D eigenvalue weighted by Crippen LogP contribution is 2.23. The van der Waals surface area contributed by atoms with E-state index in [0.717, 1.165) is 4.90 Å². The van der Waals surface area contributed by atoms with Gasteiger partial charge in [0.05, 0.1) is 12.3 Å². The van der Waals surface area contributed by atoms with Crippen molar-refractivity contribution in [1.29, 1.82) is 0 Å². The first kappa shape index (κ1) is 16.5. The summed E-state index contributed by atoms with van der Waals surface area (Å²) in [6.07, 6.45) is 4.90. The highest BCUT2D eigenvalue weighted by atomic mass is 32.2. The molecule has 1 aromatic rings. The summed E-state index contributed by atoms with van der Waals surface area (Å²) in [6, 6.07) is 2.84. The third kappa shape index (κ3) is 3.14. The van der Waals surface area contributed by atoms with Crippen LogP contribution in [0.15, 0.2) is 42.1 Å². The number of thioether (sulfide) groups is 1. The number of nitrogens with zero attached hydrogens (tertiary/aromatic N) is 4. The van der Waals surface area contributed by atoms with Crippen molar-refractivity contribution < 1.29 is 14.4 Å². The zero-order valence-electron chi connectivity index (χ0n) is 13.1. The Bertz CT molecular complexity index is 667. The third-order valence-corrected chi connectivity index (χ3v) is 5.08. The average molecular weight is 346 g/mol. The normalized spacial score (nSPS) is 20.3. The Kier molecular flexibility index (Phi) is 4.84. The number of rotatable bonds is 5. The highest BCUT2D eigenvalue weighted by Gasteiger charge is 2.47. The Hall–Kier alpha value is -2.35. The number of carbonyl (C=O) groups excluding carboxylic acids is 3. The topological polar surface area (TPSA) is 73.8 Å². The van der Waals surface area contributed by atoms with E-state index < -0.39 is 6.04 Å². The van der Waals surface area contributed by atoms with Crippen LogP contribution in [-0.2, 0) is 9.59 Å². The maximum absolute atomic E-state index is 12.4. The van der Waals surface area contributed by atoms with E-state index in [2.05, 4.69) is 11.6 Å². The van der Waals surface area contributed by atoms with Crippen molar-refractivity contribution in [2.45, 2.75) is 10.9 Å². The van der Waals surface area contributed by atoms with Crippen LogP contribution < -0.4 is 0 Å². The zero-order chi connectivity index (χ0) is 17.1. The first-order valence-electron chi connectivity index (χ1n) is 7.65. The van der Waals surface area contributed by atoms with Crippen molar-refractivity contribution in [2.75, 3.05) is 31.9 Å². The lowest BCUT2D eigenvalue weighted by Crippen LogP contribution is -2.55. The minimum atomic E-state index is -0.568. The molecule has 4 amide bonds. The molecule has 7 nitrogen and oxygen atoms in total.